The monoisotopic (exact) mass is 414 g/mol. The third-order valence-corrected chi connectivity index (χ3v) is 6.31. The summed E-state index contributed by atoms with van der Waals surface area (Å²) in [5.74, 6) is 1.15. The maximum absolute atomic E-state index is 12.4. The van der Waals surface area contributed by atoms with Crippen molar-refractivity contribution in [2.45, 2.75) is 52.2 Å². The standard InChI is InChI=1S/C21H26N4OS2/c1-5-7-25-20(16-11-18(6-2)27-12-16)23-24-21(25)28-13-19(26)22-17-9-14(3)8-15(4)10-17/h8-12H,5-7,13H2,1-4H3,(H,22,26). The van der Waals surface area contributed by atoms with Crippen molar-refractivity contribution in [3.8, 4) is 11.4 Å². The summed E-state index contributed by atoms with van der Waals surface area (Å²) in [4.78, 5) is 13.7. The van der Waals surface area contributed by atoms with E-state index in [1.165, 1.54) is 16.6 Å². The van der Waals surface area contributed by atoms with Gasteiger partial charge in [0.15, 0.2) is 11.0 Å². The molecule has 3 aromatic rings. The first-order valence-corrected chi connectivity index (χ1v) is 11.4. The Morgan fingerprint density at radius 3 is 2.54 bits per heavy atom. The molecule has 28 heavy (non-hydrogen) atoms. The highest BCUT2D eigenvalue weighted by atomic mass is 32.2. The molecule has 2 aromatic heterocycles. The molecular formula is C21H26N4OS2. The van der Waals surface area contributed by atoms with Gasteiger partial charge < -0.3 is 9.88 Å². The molecule has 0 atom stereocenters. The van der Waals surface area contributed by atoms with Crippen molar-refractivity contribution >= 4 is 34.7 Å². The lowest BCUT2D eigenvalue weighted by molar-refractivity contribution is -0.113. The molecule has 1 amide bonds. The van der Waals surface area contributed by atoms with Crippen LogP contribution in [0.15, 0.2) is 34.8 Å². The number of carbonyl (C=O) groups is 1. The number of hydrogen-bond donors (Lipinski definition) is 1. The van der Waals surface area contributed by atoms with Gasteiger partial charge in [0, 0.05) is 28.1 Å². The van der Waals surface area contributed by atoms with Crippen molar-refractivity contribution in [2.24, 2.45) is 0 Å². The Labute approximate surface area is 174 Å². The van der Waals surface area contributed by atoms with Crippen molar-refractivity contribution in [3.63, 3.8) is 0 Å². The third-order valence-electron chi connectivity index (χ3n) is 4.26. The van der Waals surface area contributed by atoms with Crippen LogP contribution in [0.2, 0.25) is 0 Å². The van der Waals surface area contributed by atoms with Crippen LogP contribution < -0.4 is 5.32 Å². The fourth-order valence-electron chi connectivity index (χ4n) is 3.09. The van der Waals surface area contributed by atoms with Crippen LogP contribution in [0.3, 0.4) is 0 Å². The third kappa shape index (κ3) is 5.02. The van der Waals surface area contributed by atoms with E-state index >= 15 is 0 Å². The molecule has 0 radical (unpaired) electrons. The minimum Gasteiger partial charge on any atom is -0.325 e. The number of aromatic nitrogens is 3. The van der Waals surface area contributed by atoms with Crippen molar-refractivity contribution in [2.75, 3.05) is 11.1 Å². The highest BCUT2D eigenvalue weighted by Crippen LogP contribution is 2.28. The van der Waals surface area contributed by atoms with Gasteiger partial charge >= 0.3 is 0 Å². The molecule has 2 heterocycles. The van der Waals surface area contributed by atoms with E-state index in [9.17, 15) is 4.79 Å². The molecule has 0 fully saturated rings. The number of nitrogens with zero attached hydrogens (tertiary/aromatic N) is 3. The molecule has 0 saturated heterocycles. The number of amides is 1. The van der Waals surface area contributed by atoms with Gasteiger partial charge in [-0.25, -0.2) is 0 Å². The highest BCUT2D eigenvalue weighted by Gasteiger charge is 2.16. The zero-order chi connectivity index (χ0) is 20.1. The van der Waals surface area contributed by atoms with E-state index in [0.717, 1.165) is 52.7 Å². The number of hydrogen-bond acceptors (Lipinski definition) is 5. The highest BCUT2D eigenvalue weighted by molar-refractivity contribution is 7.99. The topological polar surface area (TPSA) is 59.8 Å². The van der Waals surface area contributed by atoms with E-state index in [0.29, 0.717) is 5.75 Å². The summed E-state index contributed by atoms with van der Waals surface area (Å²) in [6.07, 6.45) is 2.00. The van der Waals surface area contributed by atoms with E-state index in [-0.39, 0.29) is 5.91 Å². The molecule has 3 rings (SSSR count). The van der Waals surface area contributed by atoms with Gasteiger partial charge in [-0.1, -0.05) is 31.7 Å². The normalized spacial score (nSPS) is 11.0. The average Bonchev–Trinajstić information content (AvgIpc) is 3.26. The number of aryl methyl sites for hydroxylation is 3. The summed E-state index contributed by atoms with van der Waals surface area (Å²) in [6.45, 7) is 9.18. The largest absolute Gasteiger partial charge is 0.325 e. The number of anilines is 1. The molecular weight excluding hydrogens is 388 g/mol. The van der Waals surface area contributed by atoms with E-state index in [1.807, 2.05) is 26.0 Å². The first-order valence-electron chi connectivity index (χ1n) is 9.52. The molecule has 0 spiro atoms. The van der Waals surface area contributed by atoms with Crippen LogP contribution in [0.25, 0.3) is 11.4 Å². The predicted octanol–water partition coefficient (Wildman–Crippen LogP) is 5.33. The van der Waals surface area contributed by atoms with Crippen molar-refractivity contribution < 1.29 is 4.79 Å². The molecule has 148 valence electrons. The lowest BCUT2D eigenvalue weighted by atomic mass is 10.1. The van der Waals surface area contributed by atoms with Crippen LogP contribution in [-0.4, -0.2) is 26.4 Å². The second kappa shape index (κ2) is 9.39. The Morgan fingerprint density at radius 2 is 1.89 bits per heavy atom. The van der Waals surface area contributed by atoms with Gasteiger partial charge in [0.25, 0.3) is 0 Å². The Balaban J connectivity index is 1.70. The number of thioether (sulfide) groups is 1. The molecule has 0 aliphatic carbocycles. The zero-order valence-electron chi connectivity index (χ0n) is 16.8. The SMILES string of the molecule is CCCn1c(SCC(=O)Nc2cc(C)cc(C)c2)nnc1-c1csc(CC)c1. The van der Waals surface area contributed by atoms with E-state index < -0.39 is 0 Å². The summed E-state index contributed by atoms with van der Waals surface area (Å²) in [7, 11) is 0. The van der Waals surface area contributed by atoms with E-state index in [2.05, 4.69) is 51.4 Å². The van der Waals surface area contributed by atoms with Crippen LogP contribution in [0.5, 0.6) is 0 Å². The van der Waals surface area contributed by atoms with Crippen LogP contribution in [0.4, 0.5) is 5.69 Å². The minimum absolute atomic E-state index is 0.0357. The van der Waals surface area contributed by atoms with Crippen LogP contribution in [0.1, 0.15) is 36.3 Å². The molecule has 5 nitrogen and oxygen atoms in total. The van der Waals surface area contributed by atoms with Crippen LogP contribution in [-0.2, 0) is 17.8 Å². The van der Waals surface area contributed by atoms with Gasteiger partial charge in [-0.3, -0.25) is 4.79 Å². The molecule has 1 aromatic carbocycles. The molecule has 0 aliphatic heterocycles. The minimum atomic E-state index is -0.0357. The number of benzene rings is 1. The number of nitrogens with one attached hydrogen (secondary N) is 1. The molecule has 0 saturated carbocycles. The second-order valence-corrected chi connectivity index (χ2v) is 8.76. The van der Waals surface area contributed by atoms with Crippen molar-refractivity contribution in [3.05, 3.63) is 45.6 Å². The van der Waals surface area contributed by atoms with Gasteiger partial charge in [-0.05, 0) is 56.0 Å². The number of carbonyl (C=O) groups excluding carboxylic acids is 1. The maximum atomic E-state index is 12.4. The maximum Gasteiger partial charge on any atom is 0.234 e. The lowest BCUT2D eigenvalue weighted by Gasteiger charge is -2.09. The van der Waals surface area contributed by atoms with Gasteiger partial charge in [0.1, 0.15) is 0 Å². The van der Waals surface area contributed by atoms with E-state index in [4.69, 9.17) is 0 Å². The second-order valence-electron chi connectivity index (χ2n) is 6.83. The Bertz CT molecular complexity index is 941. The molecule has 0 unspecified atom stereocenters. The fraction of sp³-hybridized carbons (Fsp3) is 0.381. The van der Waals surface area contributed by atoms with Crippen LogP contribution >= 0.6 is 23.1 Å². The molecule has 7 heteroatoms. The summed E-state index contributed by atoms with van der Waals surface area (Å²) in [6, 6.07) is 8.24. The van der Waals surface area contributed by atoms with E-state index in [1.54, 1.807) is 11.3 Å². The first-order chi connectivity index (χ1) is 13.5. The average molecular weight is 415 g/mol. The van der Waals surface area contributed by atoms with Crippen LogP contribution in [0, 0.1) is 13.8 Å². The summed E-state index contributed by atoms with van der Waals surface area (Å²) < 4.78 is 2.12. The van der Waals surface area contributed by atoms with Gasteiger partial charge in [0.05, 0.1) is 5.75 Å². The summed E-state index contributed by atoms with van der Waals surface area (Å²) in [5.41, 5.74) is 4.22. The summed E-state index contributed by atoms with van der Waals surface area (Å²) >= 11 is 3.18. The summed E-state index contributed by atoms with van der Waals surface area (Å²) in [5, 5.41) is 14.7. The quantitative estimate of drug-likeness (QED) is 0.506. The smallest absolute Gasteiger partial charge is 0.234 e. The van der Waals surface area contributed by atoms with Crippen molar-refractivity contribution in [1.29, 1.82) is 0 Å². The molecule has 1 N–H and O–H groups in total. The predicted molar refractivity (Wildman–Crippen MR) is 118 cm³/mol. The van der Waals surface area contributed by atoms with Gasteiger partial charge in [-0.2, -0.15) is 0 Å². The van der Waals surface area contributed by atoms with Crippen molar-refractivity contribution in [1.82, 2.24) is 14.8 Å². The molecule has 0 aliphatic rings. The lowest BCUT2D eigenvalue weighted by Crippen LogP contribution is -2.15. The van der Waals surface area contributed by atoms with Gasteiger partial charge in [-0.15, -0.1) is 21.5 Å². The van der Waals surface area contributed by atoms with Gasteiger partial charge in [0.2, 0.25) is 5.91 Å². The Hall–Kier alpha value is -2.12. The Morgan fingerprint density at radius 1 is 1.14 bits per heavy atom. The number of thiophene rings is 1. The first kappa shape index (κ1) is 20.6. The zero-order valence-corrected chi connectivity index (χ0v) is 18.4. The Kier molecular flexibility index (Phi) is 6.91. The fourth-order valence-corrected chi connectivity index (χ4v) is 4.67. The molecule has 0 bridgehead atoms. The number of rotatable bonds is 8.